The minimum absolute atomic E-state index is 0.0691. The fraction of sp³-hybridized carbons (Fsp3) is 0.706. The second-order valence-electron chi connectivity index (χ2n) is 6.69. The third kappa shape index (κ3) is 2.42. The molecule has 1 aromatic heterocycles. The van der Waals surface area contributed by atoms with Crippen molar-refractivity contribution in [1.82, 2.24) is 10.2 Å². The van der Waals surface area contributed by atoms with Crippen LogP contribution in [-0.2, 0) is 4.79 Å². The molecule has 4 heteroatoms. The van der Waals surface area contributed by atoms with Crippen molar-refractivity contribution >= 4 is 17.2 Å². The van der Waals surface area contributed by atoms with E-state index in [-0.39, 0.29) is 17.7 Å². The molecule has 1 saturated heterocycles. The molecule has 1 amide bonds. The molecule has 1 aromatic rings. The summed E-state index contributed by atoms with van der Waals surface area (Å²) in [6.07, 6.45) is 5.51. The van der Waals surface area contributed by atoms with Gasteiger partial charge >= 0.3 is 0 Å². The summed E-state index contributed by atoms with van der Waals surface area (Å²) >= 11 is 1.75. The van der Waals surface area contributed by atoms with Crippen molar-refractivity contribution in [2.45, 2.75) is 70.6 Å². The Morgan fingerprint density at radius 2 is 2.14 bits per heavy atom. The largest absolute Gasteiger partial charge is 0.317 e. The average molecular weight is 306 g/mol. The highest BCUT2D eigenvalue weighted by atomic mass is 32.1. The molecule has 21 heavy (non-hydrogen) atoms. The number of hydrogen-bond acceptors (Lipinski definition) is 3. The highest BCUT2D eigenvalue weighted by molar-refractivity contribution is 7.10. The van der Waals surface area contributed by atoms with Gasteiger partial charge in [0.05, 0.1) is 5.54 Å². The second-order valence-corrected chi connectivity index (χ2v) is 7.67. The Morgan fingerprint density at radius 1 is 1.43 bits per heavy atom. The minimum atomic E-state index is -0.281. The summed E-state index contributed by atoms with van der Waals surface area (Å²) in [5, 5.41) is 5.82. The van der Waals surface area contributed by atoms with Crippen molar-refractivity contribution < 1.29 is 4.79 Å². The summed E-state index contributed by atoms with van der Waals surface area (Å²) in [5.41, 5.74) is -0.281. The van der Waals surface area contributed by atoms with Gasteiger partial charge in [-0.2, -0.15) is 0 Å². The maximum absolute atomic E-state index is 13.2. The summed E-state index contributed by atoms with van der Waals surface area (Å²) in [4.78, 5) is 16.6. The van der Waals surface area contributed by atoms with Gasteiger partial charge in [0, 0.05) is 10.9 Å². The molecule has 3 unspecified atom stereocenters. The lowest BCUT2D eigenvalue weighted by Crippen LogP contribution is -2.46. The molecule has 1 aliphatic carbocycles. The SMILES string of the molecule is CCC(C)C(C)N1C(=O)C2(CCCC2)NC1c1cccs1. The van der Waals surface area contributed by atoms with E-state index in [2.05, 4.69) is 48.5 Å². The van der Waals surface area contributed by atoms with Gasteiger partial charge in [-0.1, -0.05) is 39.2 Å². The topological polar surface area (TPSA) is 32.3 Å². The van der Waals surface area contributed by atoms with Crippen LogP contribution in [0.2, 0.25) is 0 Å². The van der Waals surface area contributed by atoms with E-state index in [1.807, 2.05) is 0 Å². The Morgan fingerprint density at radius 3 is 2.71 bits per heavy atom. The first-order valence-corrected chi connectivity index (χ1v) is 9.11. The van der Waals surface area contributed by atoms with Gasteiger partial charge in [0.1, 0.15) is 6.17 Å². The molecule has 0 radical (unpaired) electrons. The molecule has 3 rings (SSSR count). The van der Waals surface area contributed by atoms with Crippen LogP contribution in [0.4, 0.5) is 0 Å². The predicted molar refractivity (Wildman–Crippen MR) is 87.2 cm³/mol. The standard InChI is InChI=1S/C17H26N2OS/c1-4-12(2)13(3)19-15(14-8-7-11-21-14)18-17(16(19)20)9-5-6-10-17/h7-8,11-13,15,18H,4-6,9-10H2,1-3H3. The molecule has 2 fully saturated rings. The Hall–Kier alpha value is -0.870. The Kier molecular flexibility index (Phi) is 4.10. The van der Waals surface area contributed by atoms with E-state index >= 15 is 0 Å². The Labute approximate surface area is 131 Å². The van der Waals surface area contributed by atoms with Crippen molar-refractivity contribution in [2.24, 2.45) is 5.92 Å². The predicted octanol–water partition coefficient (Wildman–Crippen LogP) is 3.93. The molecule has 0 bridgehead atoms. The van der Waals surface area contributed by atoms with Crippen LogP contribution in [0.25, 0.3) is 0 Å². The highest BCUT2D eigenvalue weighted by Crippen LogP contribution is 2.43. The molecule has 1 spiro atoms. The van der Waals surface area contributed by atoms with Gasteiger partial charge < -0.3 is 4.90 Å². The van der Waals surface area contributed by atoms with Crippen molar-refractivity contribution in [3.63, 3.8) is 0 Å². The molecular formula is C17H26N2OS. The summed E-state index contributed by atoms with van der Waals surface area (Å²) in [6.45, 7) is 6.67. The third-order valence-corrected chi connectivity index (χ3v) is 6.44. The van der Waals surface area contributed by atoms with Crippen LogP contribution < -0.4 is 5.32 Å². The minimum Gasteiger partial charge on any atom is -0.317 e. The van der Waals surface area contributed by atoms with Crippen molar-refractivity contribution in [3.05, 3.63) is 22.4 Å². The number of nitrogens with zero attached hydrogens (tertiary/aromatic N) is 1. The molecule has 2 aliphatic rings. The maximum atomic E-state index is 13.2. The molecule has 1 saturated carbocycles. The van der Waals surface area contributed by atoms with Gasteiger partial charge in [0.2, 0.25) is 5.91 Å². The number of amides is 1. The maximum Gasteiger partial charge on any atom is 0.244 e. The summed E-state index contributed by atoms with van der Waals surface area (Å²) in [6, 6.07) is 4.51. The summed E-state index contributed by atoms with van der Waals surface area (Å²) in [5.74, 6) is 0.862. The molecular weight excluding hydrogens is 280 g/mol. The zero-order valence-corrected chi connectivity index (χ0v) is 14.1. The van der Waals surface area contributed by atoms with E-state index < -0.39 is 0 Å². The van der Waals surface area contributed by atoms with Crippen molar-refractivity contribution in [2.75, 3.05) is 0 Å². The zero-order valence-electron chi connectivity index (χ0n) is 13.3. The fourth-order valence-corrected chi connectivity index (χ4v) is 4.56. The van der Waals surface area contributed by atoms with E-state index in [4.69, 9.17) is 0 Å². The van der Waals surface area contributed by atoms with Crippen LogP contribution in [0, 0.1) is 5.92 Å². The van der Waals surface area contributed by atoms with Gasteiger partial charge in [-0.15, -0.1) is 11.3 Å². The van der Waals surface area contributed by atoms with Gasteiger partial charge in [-0.3, -0.25) is 10.1 Å². The van der Waals surface area contributed by atoms with E-state index in [9.17, 15) is 4.79 Å². The smallest absolute Gasteiger partial charge is 0.244 e. The lowest BCUT2D eigenvalue weighted by Gasteiger charge is -2.33. The third-order valence-electron chi connectivity index (χ3n) is 5.51. The van der Waals surface area contributed by atoms with E-state index in [0.29, 0.717) is 11.8 Å². The van der Waals surface area contributed by atoms with Crippen LogP contribution in [-0.4, -0.2) is 22.4 Å². The second kappa shape index (κ2) is 5.73. The monoisotopic (exact) mass is 306 g/mol. The van der Waals surface area contributed by atoms with Crippen LogP contribution in [0.15, 0.2) is 17.5 Å². The molecule has 3 nitrogen and oxygen atoms in total. The molecule has 0 aromatic carbocycles. The van der Waals surface area contributed by atoms with E-state index in [0.717, 1.165) is 19.3 Å². The van der Waals surface area contributed by atoms with Crippen molar-refractivity contribution in [1.29, 1.82) is 0 Å². The first-order valence-electron chi connectivity index (χ1n) is 8.23. The Balaban J connectivity index is 1.94. The number of nitrogens with one attached hydrogen (secondary N) is 1. The number of carbonyl (C=O) groups is 1. The molecule has 116 valence electrons. The molecule has 2 heterocycles. The lowest BCUT2D eigenvalue weighted by atomic mass is 9.95. The van der Waals surface area contributed by atoms with Gasteiger partial charge in [0.15, 0.2) is 0 Å². The number of rotatable bonds is 4. The molecule has 1 aliphatic heterocycles. The highest BCUT2D eigenvalue weighted by Gasteiger charge is 2.54. The van der Waals surface area contributed by atoms with Gasteiger partial charge in [-0.25, -0.2) is 0 Å². The van der Waals surface area contributed by atoms with Crippen molar-refractivity contribution in [3.8, 4) is 0 Å². The normalized spacial score (nSPS) is 27.5. The van der Waals surface area contributed by atoms with Crippen LogP contribution in [0.1, 0.15) is 63.9 Å². The van der Waals surface area contributed by atoms with E-state index in [1.54, 1.807) is 11.3 Å². The number of thiophene rings is 1. The summed E-state index contributed by atoms with van der Waals surface area (Å²) < 4.78 is 0. The Bertz CT molecular complexity index is 493. The molecule has 3 atom stereocenters. The van der Waals surface area contributed by atoms with Crippen LogP contribution in [0.5, 0.6) is 0 Å². The average Bonchev–Trinajstić information content (AvgIpc) is 3.21. The van der Waals surface area contributed by atoms with Gasteiger partial charge in [0.25, 0.3) is 0 Å². The lowest BCUT2D eigenvalue weighted by molar-refractivity contribution is -0.136. The molecule has 1 N–H and O–H groups in total. The summed E-state index contributed by atoms with van der Waals surface area (Å²) in [7, 11) is 0. The number of carbonyl (C=O) groups excluding carboxylic acids is 1. The zero-order chi connectivity index (χ0) is 15.0. The van der Waals surface area contributed by atoms with Crippen LogP contribution in [0.3, 0.4) is 0 Å². The first kappa shape index (κ1) is 15.0. The van der Waals surface area contributed by atoms with Gasteiger partial charge in [-0.05, 0) is 37.1 Å². The van der Waals surface area contributed by atoms with E-state index in [1.165, 1.54) is 17.7 Å². The quantitative estimate of drug-likeness (QED) is 0.914. The van der Waals surface area contributed by atoms with Crippen LogP contribution >= 0.6 is 11.3 Å². The first-order chi connectivity index (χ1) is 10.1. The number of hydrogen-bond donors (Lipinski definition) is 1. The fourth-order valence-electron chi connectivity index (χ4n) is 3.78.